The van der Waals surface area contributed by atoms with Gasteiger partial charge in [0, 0.05) is 12.1 Å². The van der Waals surface area contributed by atoms with Crippen molar-refractivity contribution < 1.29 is 14.1 Å². The molecule has 0 saturated heterocycles. The van der Waals surface area contributed by atoms with Crippen molar-refractivity contribution >= 4 is 12.0 Å². The van der Waals surface area contributed by atoms with E-state index >= 15 is 0 Å². The van der Waals surface area contributed by atoms with Crippen LogP contribution in [-0.4, -0.2) is 26.2 Å². The SMILES string of the molecule is O=Cc1cn(-c2ccc([N+](=O)[O-])c(F)c2)nn1. The summed E-state index contributed by atoms with van der Waals surface area (Å²) in [5.41, 5.74) is -0.290. The molecule has 0 bridgehead atoms. The van der Waals surface area contributed by atoms with Crippen LogP contribution in [0.1, 0.15) is 10.5 Å². The van der Waals surface area contributed by atoms with Crippen molar-refractivity contribution in [2.45, 2.75) is 0 Å². The van der Waals surface area contributed by atoms with Crippen LogP contribution in [0.15, 0.2) is 24.4 Å². The van der Waals surface area contributed by atoms with Gasteiger partial charge in [-0.1, -0.05) is 5.21 Å². The Morgan fingerprint density at radius 1 is 1.47 bits per heavy atom. The van der Waals surface area contributed by atoms with E-state index in [0.29, 0.717) is 6.29 Å². The third-order valence-corrected chi connectivity index (χ3v) is 2.02. The zero-order valence-corrected chi connectivity index (χ0v) is 8.28. The molecule has 1 aromatic heterocycles. The summed E-state index contributed by atoms with van der Waals surface area (Å²) < 4.78 is 14.5. The number of nitro groups is 1. The van der Waals surface area contributed by atoms with Gasteiger partial charge in [-0.15, -0.1) is 5.10 Å². The van der Waals surface area contributed by atoms with E-state index in [2.05, 4.69) is 10.3 Å². The maximum atomic E-state index is 13.3. The van der Waals surface area contributed by atoms with Crippen LogP contribution >= 0.6 is 0 Å². The maximum absolute atomic E-state index is 13.3. The molecule has 0 atom stereocenters. The lowest BCUT2D eigenvalue weighted by Gasteiger charge is -1.99. The van der Waals surface area contributed by atoms with E-state index in [1.54, 1.807) is 0 Å². The molecule has 1 heterocycles. The van der Waals surface area contributed by atoms with Crippen molar-refractivity contribution in [3.05, 3.63) is 46.0 Å². The van der Waals surface area contributed by atoms with E-state index in [0.717, 1.165) is 16.8 Å². The molecule has 0 unspecified atom stereocenters. The molecule has 0 saturated carbocycles. The van der Waals surface area contributed by atoms with Crippen LogP contribution in [-0.2, 0) is 0 Å². The van der Waals surface area contributed by atoms with Crippen LogP contribution in [0.4, 0.5) is 10.1 Å². The van der Waals surface area contributed by atoms with Crippen LogP contribution in [0.3, 0.4) is 0 Å². The molecule has 0 aliphatic rings. The minimum Gasteiger partial charge on any atom is -0.296 e. The summed E-state index contributed by atoms with van der Waals surface area (Å²) in [6, 6.07) is 3.28. The van der Waals surface area contributed by atoms with Crippen LogP contribution in [0.25, 0.3) is 5.69 Å². The van der Waals surface area contributed by atoms with Gasteiger partial charge in [0.1, 0.15) is 5.69 Å². The summed E-state index contributed by atoms with van der Waals surface area (Å²) in [7, 11) is 0. The Kier molecular flexibility index (Phi) is 2.61. The normalized spacial score (nSPS) is 10.2. The van der Waals surface area contributed by atoms with Gasteiger partial charge >= 0.3 is 5.69 Å². The Balaban J connectivity index is 2.43. The largest absolute Gasteiger partial charge is 0.304 e. The van der Waals surface area contributed by atoms with Crippen LogP contribution in [0, 0.1) is 15.9 Å². The first-order valence-electron chi connectivity index (χ1n) is 4.43. The van der Waals surface area contributed by atoms with Gasteiger partial charge in [-0.05, 0) is 6.07 Å². The molecule has 0 aliphatic heterocycles. The first-order valence-corrected chi connectivity index (χ1v) is 4.43. The van der Waals surface area contributed by atoms with E-state index in [-0.39, 0.29) is 11.4 Å². The molecule has 1 aromatic carbocycles. The number of carbonyl (C=O) groups excluding carboxylic acids is 1. The number of rotatable bonds is 3. The second-order valence-corrected chi connectivity index (χ2v) is 3.10. The topological polar surface area (TPSA) is 90.9 Å². The fourth-order valence-corrected chi connectivity index (χ4v) is 1.24. The number of halogens is 1. The molecular formula is C9H5FN4O3. The van der Waals surface area contributed by atoms with Crippen LogP contribution in [0.2, 0.25) is 0 Å². The smallest absolute Gasteiger partial charge is 0.296 e. The second kappa shape index (κ2) is 4.08. The molecule has 86 valence electrons. The fraction of sp³-hybridized carbons (Fsp3) is 0. The molecular weight excluding hydrogens is 231 g/mol. The Morgan fingerprint density at radius 3 is 2.76 bits per heavy atom. The summed E-state index contributed by atoms with van der Waals surface area (Å²) in [5.74, 6) is -0.976. The molecule has 0 fully saturated rings. The summed E-state index contributed by atoms with van der Waals surface area (Å²) in [6.07, 6.45) is 1.78. The van der Waals surface area contributed by atoms with Gasteiger partial charge < -0.3 is 0 Å². The average Bonchev–Trinajstić information content (AvgIpc) is 2.76. The average molecular weight is 236 g/mol. The first-order chi connectivity index (χ1) is 8.11. The van der Waals surface area contributed by atoms with Gasteiger partial charge in [0.25, 0.3) is 0 Å². The minimum absolute atomic E-state index is 0.0868. The molecule has 8 heteroatoms. The fourth-order valence-electron chi connectivity index (χ4n) is 1.24. The molecule has 0 aliphatic carbocycles. The van der Waals surface area contributed by atoms with E-state index in [4.69, 9.17) is 0 Å². The first kappa shape index (κ1) is 10.9. The standard InChI is InChI=1S/C9H5FN4O3/c10-8-3-7(1-2-9(8)14(16)17)13-4-6(5-15)11-12-13/h1-5H. The Hall–Kier alpha value is -2.64. The summed E-state index contributed by atoms with van der Waals surface area (Å²) in [6.45, 7) is 0. The molecule has 0 radical (unpaired) electrons. The lowest BCUT2D eigenvalue weighted by Crippen LogP contribution is -1.98. The van der Waals surface area contributed by atoms with Crippen molar-refractivity contribution in [1.29, 1.82) is 0 Å². The van der Waals surface area contributed by atoms with Gasteiger partial charge in [0.15, 0.2) is 6.29 Å². The zero-order chi connectivity index (χ0) is 12.4. The number of nitro benzene ring substituents is 1. The van der Waals surface area contributed by atoms with Gasteiger partial charge in [-0.3, -0.25) is 14.9 Å². The number of aldehydes is 1. The molecule has 0 spiro atoms. The maximum Gasteiger partial charge on any atom is 0.304 e. The van der Waals surface area contributed by atoms with Crippen LogP contribution < -0.4 is 0 Å². The molecule has 2 aromatic rings. The molecule has 17 heavy (non-hydrogen) atoms. The van der Waals surface area contributed by atoms with E-state index in [9.17, 15) is 19.3 Å². The highest BCUT2D eigenvalue weighted by atomic mass is 19.1. The van der Waals surface area contributed by atoms with Gasteiger partial charge in [0.2, 0.25) is 5.82 Å². The number of aromatic nitrogens is 3. The number of hydrogen-bond acceptors (Lipinski definition) is 5. The molecule has 0 amide bonds. The van der Waals surface area contributed by atoms with E-state index in [1.165, 1.54) is 12.3 Å². The Morgan fingerprint density at radius 2 is 2.24 bits per heavy atom. The lowest BCUT2D eigenvalue weighted by atomic mass is 10.2. The highest BCUT2D eigenvalue weighted by Crippen LogP contribution is 2.19. The molecule has 2 rings (SSSR count). The molecule has 0 N–H and O–H groups in total. The molecule has 7 nitrogen and oxygen atoms in total. The van der Waals surface area contributed by atoms with Gasteiger partial charge in [0.05, 0.1) is 16.8 Å². The third-order valence-electron chi connectivity index (χ3n) is 2.02. The third kappa shape index (κ3) is 2.00. The van der Waals surface area contributed by atoms with E-state index < -0.39 is 16.4 Å². The van der Waals surface area contributed by atoms with Gasteiger partial charge in [-0.25, -0.2) is 4.68 Å². The Bertz CT molecular complexity index is 596. The summed E-state index contributed by atoms with van der Waals surface area (Å²) >= 11 is 0. The number of hydrogen-bond donors (Lipinski definition) is 0. The predicted octanol–water partition coefficient (Wildman–Crippen LogP) is 1.13. The second-order valence-electron chi connectivity index (χ2n) is 3.10. The number of nitrogens with zero attached hydrogens (tertiary/aromatic N) is 4. The van der Waals surface area contributed by atoms with Crippen molar-refractivity contribution in [1.82, 2.24) is 15.0 Å². The summed E-state index contributed by atoms with van der Waals surface area (Å²) in [4.78, 5) is 20.0. The van der Waals surface area contributed by atoms with Gasteiger partial charge in [-0.2, -0.15) is 4.39 Å². The minimum atomic E-state index is -0.976. The highest BCUT2D eigenvalue weighted by molar-refractivity contribution is 5.70. The zero-order valence-electron chi connectivity index (χ0n) is 8.28. The van der Waals surface area contributed by atoms with Crippen LogP contribution in [0.5, 0.6) is 0 Å². The summed E-state index contributed by atoms with van der Waals surface area (Å²) in [5, 5.41) is 17.5. The van der Waals surface area contributed by atoms with Crippen molar-refractivity contribution in [3.63, 3.8) is 0 Å². The quantitative estimate of drug-likeness (QED) is 0.452. The number of benzene rings is 1. The predicted molar refractivity (Wildman–Crippen MR) is 53.4 cm³/mol. The van der Waals surface area contributed by atoms with E-state index in [1.807, 2.05) is 0 Å². The monoisotopic (exact) mass is 236 g/mol. The van der Waals surface area contributed by atoms with Crippen molar-refractivity contribution in [2.75, 3.05) is 0 Å². The van der Waals surface area contributed by atoms with Crippen molar-refractivity contribution in [3.8, 4) is 5.69 Å². The Labute approximate surface area is 93.6 Å². The van der Waals surface area contributed by atoms with Crippen molar-refractivity contribution in [2.24, 2.45) is 0 Å². The number of carbonyl (C=O) groups is 1. The lowest BCUT2D eigenvalue weighted by molar-refractivity contribution is -0.387. The highest BCUT2D eigenvalue weighted by Gasteiger charge is 2.14.